The molecule has 0 saturated heterocycles. The zero-order chi connectivity index (χ0) is 13.9. The Morgan fingerprint density at radius 2 is 1.95 bits per heavy atom. The van der Waals surface area contributed by atoms with E-state index in [1.54, 1.807) is 0 Å². The van der Waals surface area contributed by atoms with Gasteiger partial charge in [-0.3, -0.25) is 9.59 Å². The third-order valence-corrected chi connectivity index (χ3v) is 3.73. The molecule has 0 aliphatic heterocycles. The third-order valence-electron chi connectivity index (χ3n) is 3.73. The Bertz CT molecular complexity index is 468. The maximum Gasteiger partial charge on any atom is 0.320 e. The fraction of sp³-hybridized carbons (Fsp3) is 0.467. The van der Waals surface area contributed by atoms with Crippen molar-refractivity contribution in [2.75, 3.05) is 7.11 Å². The van der Waals surface area contributed by atoms with Crippen molar-refractivity contribution >= 4 is 11.9 Å². The van der Waals surface area contributed by atoms with Gasteiger partial charge in [0, 0.05) is 6.92 Å². The highest BCUT2D eigenvalue weighted by Crippen LogP contribution is 2.44. The van der Waals surface area contributed by atoms with Crippen molar-refractivity contribution < 1.29 is 19.1 Å². The van der Waals surface area contributed by atoms with Crippen LogP contribution in [0.2, 0.25) is 0 Å². The van der Waals surface area contributed by atoms with E-state index in [1.807, 2.05) is 30.3 Å². The molecule has 1 aliphatic rings. The first-order chi connectivity index (χ1) is 9.11. The number of hydrogen-bond donors (Lipinski definition) is 0. The Morgan fingerprint density at radius 1 is 1.26 bits per heavy atom. The van der Waals surface area contributed by atoms with E-state index >= 15 is 0 Å². The normalized spacial score (nSPS) is 25.9. The predicted octanol–water partition coefficient (Wildman–Crippen LogP) is 2.21. The summed E-state index contributed by atoms with van der Waals surface area (Å²) in [6, 6.07) is 9.42. The first kappa shape index (κ1) is 13.6. The molecule has 1 aromatic rings. The molecule has 19 heavy (non-hydrogen) atoms. The molecule has 1 aliphatic carbocycles. The molecule has 1 aromatic carbocycles. The number of carbonyl (C=O) groups excluding carboxylic acids is 2. The number of methoxy groups -OCH3 is 1. The van der Waals surface area contributed by atoms with Crippen LogP contribution in [0.15, 0.2) is 30.3 Å². The number of hydrogen-bond acceptors (Lipinski definition) is 4. The second kappa shape index (κ2) is 5.43. The maximum atomic E-state index is 12.3. The van der Waals surface area contributed by atoms with Crippen LogP contribution in [0.5, 0.6) is 0 Å². The number of carbonyl (C=O) groups is 2. The SMILES string of the molecule is COC(=O)C1(c2ccccc2)CCCC1OC(C)=O. The van der Waals surface area contributed by atoms with E-state index in [0.29, 0.717) is 12.8 Å². The van der Waals surface area contributed by atoms with Gasteiger partial charge in [0.1, 0.15) is 11.5 Å². The summed E-state index contributed by atoms with van der Waals surface area (Å²) in [6.45, 7) is 1.37. The van der Waals surface area contributed by atoms with Crippen LogP contribution in [0, 0.1) is 0 Å². The highest BCUT2D eigenvalue weighted by molar-refractivity contribution is 5.85. The molecule has 2 atom stereocenters. The van der Waals surface area contributed by atoms with Gasteiger partial charge in [-0.25, -0.2) is 0 Å². The fourth-order valence-corrected chi connectivity index (χ4v) is 2.93. The van der Waals surface area contributed by atoms with Gasteiger partial charge in [-0.05, 0) is 24.8 Å². The molecule has 2 unspecified atom stereocenters. The Morgan fingerprint density at radius 3 is 2.53 bits per heavy atom. The third kappa shape index (κ3) is 2.35. The number of rotatable bonds is 3. The van der Waals surface area contributed by atoms with E-state index in [4.69, 9.17) is 9.47 Å². The smallest absolute Gasteiger partial charge is 0.320 e. The molecule has 1 fully saturated rings. The predicted molar refractivity (Wildman–Crippen MR) is 69.5 cm³/mol. The lowest BCUT2D eigenvalue weighted by molar-refractivity contribution is -0.160. The highest BCUT2D eigenvalue weighted by Gasteiger charge is 2.53. The Balaban J connectivity index is 2.45. The van der Waals surface area contributed by atoms with Crippen molar-refractivity contribution in [3.05, 3.63) is 35.9 Å². The van der Waals surface area contributed by atoms with Crippen LogP contribution in [0.3, 0.4) is 0 Å². The Kier molecular flexibility index (Phi) is 3.88. The van der Waals surface area contributed by atoms with E-state index in [-0.39, 0.29) is 11.9 Å². The maximum absolute atomic E-state index is 12.3. The average Bonchev–Trinajstić information content (AvgIpc) is 2.82. The van der Waals surface area contributed by atoms with E-state index < -0.39 is 11.5 Å². The second-order valence-electron chi connectivity index (χ2n) is 4.82. The van der Waals surface area contributed by atoms with Crippen LogP contribution in [0.4, 0.5) is 0 Å². The topological polar surface area (TPSA) is 52.6 Å². The zero-order valence-corrected chi connectivity index (χ0v) is 11.2. The first-order valence-electron chi connectivity index (χ1n) is 6.42. The highest BCUT2D eigenvalue weighted by atomic mass is 16.6. The Labute approximate surface area is 112 Å². The van der Waals surface area contributed by atoms with Crippen molar-refractivity contribution in [3.63, 3.8) is 0 Å². The zero-order valence-electron chi connectivity index (χ0n) is 11.2. The van der Waals surface area contributed by atoms with E-state index in [1.165, 1.54) is 14.0 Å². The lowest BCUT2D eigenvalue weighted by Crippen LogP contribution is -2.45. The van der Waals surface area contributed by atoms with E-state index in [9.17, 15) is 9.59 Å². The summed E-state index contributed by atoms with van der Waals surface area (Å²) in [5, 5.41) is 0. The summed E-state index contributed by atoms with van der Waals surface area (Å²) in [6.07, 6.45) is 1.72. The molecular formula is C15H18O4. The van der Waals surface area contributed by atoms with Crippen LogP contribution < -0.4 is 0 Å². The summed E-state index contributed by atoms with van der Waals surface area (Å²) >= 11 is 0. The number of ether oxygens (including phenoxy) is 2. The molecule has 4 heteroatoms. The molecule has 0 amide bonds. The van der Waals surface area contributed by atoms with E-state index in [0.717, 1.165) is 12.0 Å². The fourth-order valence-electron chi connectivity index (χ4n) is 2.93. The van der Waals surface area contributed by atoms with Crippen molar-refractivity contribution in [2.24, 2.45) is 0 Å². The molecule has 2 rings (SSSR count). The van der Waals surface area contributed by atoms with Crippen LogP contribution >= 0.6 is 0 Å². The molecule has 0 spiro atoms. The van der Waals surface area contributed by atoms with Crippen LogP contribution in [-0.4, -0.2) is 25.2 Å². The summed E-state index contributed by atoms with van der Waals surface area (Å²) in [5.74, 6) is -0.696. The van der Waals surface area contributed by atoms with Gasteiger partial charge in [-0.15, -0.1) is 0 Å². The minimum atomic E-state index is -0.859. The average molecular weight is 262 g/mol. The summed E-state index contributed by atoms with van der Waals surface area (Å²) in [7, 11) is 1.37. The molecule has 0 radical (unpaired) electrons. The lowest BCUT2D eigenvalue weighted by Gasteiger charge is -2.32. The van der Waals surface area contributed by atoms with Crippen LogP contribution in [-0.2, 0) is 24.5 Å². The van der Waals surface area contributed by atoms with Crippen LogP contribution in [0.1, 0.15) is 31.7 Å². The molecule has 102 valence electrons. The van der Waals surface area contributed by atoms with Gasteiger partial charge in [-0.2, -0.15) is 0 Å². The van der Waals surface area contributed by atoms with Crippen molar-refractivity contribution in [1.29, 1.82) is 0 Å². The molecule has 0 bridgehead atoms. The molecule has 4 nitrogen and oxygen atoms in total. The standard InChI is InChI=1S/C15H18O4/c1-11(16)19-13-9-6-10-15(13,14(17)18-2)12-7-4-3-5-8-12/h3-5,7-8,13H,6,9-10H2,1-2H3. The van der Waals surface area contributed by atoms with Crippen molar-refractivity contribution in [2.45, 2.75) is 37.7 Å². The number of benzene rings is 1. The lowest BCUT2D eigenvalue weighted by atomic mass is 9.77. The number of esters is 2. The van der Waals surface area contributed by atoms with Gasteiger partial charge < -0.3 is 9.47 Å². The monoisotopic (exact) mass is 262 g/mol. The van der Waals surface area contributed by atoms with Crippen LogP contribution in [0.25, 0.3) is 0 Å². The van der Waals surface area contributed by atoms with Gasteiger partial charge in [0.15, 0.2) is 0 Å². The largest absolute Gasteiger partial charge is 0.468 e. The van der Waals surface area contributed by atoms with Gasteiger partial charge in [-0.1, -0.05) is 30.3 Å². The van der Waals surface area contributed by atoms with E-state index in [2.05, 4.69) is 0 Å². The molecule has 1 saturated carbocycles. The van der Waals surface area contributed by atoms with Gasteiger partial charge in [0.2, 0.25) is 0 Å². The second-order valence-corrected chi connectivity index (χ2v) is 4.82. The molecular weight excluding hydrogens is 244 g/mol. The van der Waals surface area contributed by atoms with Crippen molar-refractivity contribution in [3.8, 4) is 0 Å². The Hall–Kier alpha value is -1.84. The summed E-state index contributed by atoms with van der Waals surface area (Å²) in [4.78, 5) is 23.6. The van der Waals surface area contributed by atoms with Gasteiger partial charge >= 0.3 is 11.9 Å². The summed E-state index contributed by atoms with van der Waals surface area (Å²) in [5.41, 5.74) is -0.00704. The van der Waals surface area contributed by atoms with Crippen molar-refractivity contribution in [1.82, 2.24) is 0 Å². The minimum absolute atomic E-state index is 0.331. The summed E-state index contributed by atoms with van der Waals surface area (Å²) < 4.78 is 10.3. The first-order valence-corrected chi connectivity index (χ1v) is 6.42. The minimum Gasteiger partial charge on any atom is -0.468 e. The molecule has 0 aromatic heterocycles. The molecule has 0 N–H and O–H groups in total. The molecule has 0 heterocycles. The quantitative estimate of drug-likeness (QED) is 0.784. The van der Waals surface area contributed by atoms with Gasteiger partial charge in [0.05, 0.1) is 7.11 Å². The van der Waals surface area contributed by atoms with Gasteiger partial charge in [0.25, 0.3) is 0 Å².